The summed E-state index contributed by atoms with van der Waals surface area (Å²) in [5.74, 6) is 1.13. The van der Waals surface area contributed by atoms with Gasteiger partial charge in [-0.05, 0) is 19.3 Å². The van der Waals surface area contributed by atoms with E-state index in [4.69, 9.17) is 4.74 Å². The largest absolute Gasteiger partial charge is 0.473 e. The molecule has 0 radical (unpaired) electrons. The maximum Gasteiger partial charge on any atom is 0.245 e. The molecule has 0 bridgehead atoms. The fraction of sp³-hybridized carbons (Fsp3) is 0.500. The van der Waals surface area contributed by atoms with E-state index < -0.39 is 0 Å². The van der Waals surface area contributed by atoms with Crippen molar-refractivity contribution in [1.82, 2.24) is 19.9 Å². The highest BCUT2D eigenvalue weighted by Gasteiger charge is 2.22. The first kappa shape index (κ1) is 9.38. The normalized spacial score (nSPS) is 16.1. The minimum absolute atomic E-state index is 0.297. The molecular weight excluding hydrogens is 206 g/mol. The van der Waals surface area contributed by atoms with E-state index in [1.807, 2.05) is 0 Å². The zero-order valence-electron chi connectivity index (χ0n) is 9.03. The first-order valence-electron chi connectivity index (χ1n) is 5.42. The van der Waals surface area contributed by atoms with Gasteiger partial charge in [0, 0.05) is 7.05 Å². The number of fused-ring (bicyclic) bond motifs is 1. The average molecular weight is 219 g/mol. The van der Waals surface area contributed by atoms with Crippen molar-refractivity contribution in [2.45, 2.75) is 25.4 Å². The lowest BCUT2D eigenvalue weighted by molar-refractivity contribution is 0.116. The van der Waals surface area contributed by atoms with Gasteiger partial charge in [-0.15, -0.1) is 0 Å². The molecule has 6 nitrogen and oxygen atoms in total. The smallest absolute Gasteiger partial charge is 0.245 e. The Kier molecular flexibility index (Phi) is 2.12. The van der Waals surface area contributed by atoms with Crippen LogP contribution in [0.15, 0.2) is 6.33 Å². The molecule has 1 aliphatic rings. The van der Waals surface area contributed by atoms with Crippen LogP contribution < -0.4 is 10.1 Å². The quantitative estimate of drug-likeness (QED) is 0.814. The van der Waals surface area contributed by atoms with Gasteiger partial charge in [0.1, 0.15) is 11.6 Å². The van der Waals surface area contributed by atoms with Crippen LogP contribution in [0.2, 0.25) is 0 Å². The third-order valence-electron chi connectivity index (χ3n) is 2.81. The van der Waals surface area contributed by atoms with Crippen molar-refractivity contribution in [3.8, 4) is 5.88 Å². The number of anilines is 1. The molecule has 1 saturated carbocycles. The molecule has 0 aromatic carbocycles. The number of hydrogen-bond donors (Lipinski definition) is 2. The molecule has 16 heavy (non-hydrogen) atoms. The van der Waals surface area contributed by atoms with E-state index in [0.29, 0.717) is 23.6 Å². The van der Waals surface area contributed by atoms with Gasteiger partial charge in [0.25, 0.3) is 0 Å². The number of nitrogens with zero attached hydrogens (tertiary/aromatic N) is 3. The summed E-state index contributed by atoms with van der Waals surface area (Å²) in [5.41, 5.74) is 1.40. The minimum Gasteiger partial charge on any atom is -0.473 e. The molecule has 0 saturated heterocycles. The first-order chi connectivity index (χ1) is 7.86. The molecule has 84 valence electrons. The second kappa shape index (κ2) is 3.62. The van der Waals surface area contributed by atoms with E-state index in [0.717, 1.165) is 18.4 Å². The van der Waals surface area contributed by atoms with E-state index in [1.54, 1.807) is 13.4 Å². The summed E-state index contributed by atoms with van der Waals surface area (Å²) in [7, 11) is 1.78. The second-order valence-electron chi connectivity index (χ2n) is 3.87. The fourth-order valence-electron chi connectivity index (χ4n) is 1.65. The van der Waals surface area contributed by atoms with E-state index in [2.05, 4.69) is 25.3 Å². The number of nitrogens with one attached hydrogen (secondary N) is 2. The molecule has 1 fully saturated rings. The summed E-state index contributed by atoms with van der Waals surface area (Å²) >= 11 is 0. The van der Waals surface area contributed by atoms with Gasteiger partial charge in [-0.3, -0.25) is 0 Å². The van der Waals surface area contributed by atoms with Crippen molar-refractivity contribution in [2.24, 2.45) is 0 Å². The second-order valence-corrected chi connectivity index (χ2v) is 3.87. The van der Waals surface area contributed by atoms with Gasteiger partial charge in [0.2, 0.25) is 11.8 Å². The van der Waals surface area contributed by atoms with E-state index in [-0.39, 0.29) is 0 Å². The number of ether oxygens (including phenoxy) is 1. The zero-order chi connectivity index (χ0) is 11.0. The molecule has 0 atom stereocenters. The lowest BCUT2D eigenvalue weighted by Gasteiger charge is -2.25. The Morgan fingerprint density at radius 3 is 3.00 bits per heavy atom. The maximum absolute atomic E-state index is 5.80. The van der Waals surface area contributed by atoms with Gasteiger partial charge in [0.05, 0.1) is 6.33 Å². The summed E-state index contributed by atoms with van der Waals surface area (Å²) in [5, 5.41) is 2.90. The Bertz CT molecular complexity index is 505. The van der Waals surface area contributed by atoms with Crippen molar-refractivity contribution in [3.63, 3.8) is 0 Å². The van der Waals surface area contributed by atoms with Crippen molar-refractivity contribution in [2.75, 3.05) is 12.4 Å². The van der Waals surface area contributed by atoms with Gasteiger partial charge < -0.3 is 15.0 Å². The van der Waals surface area contributed by atoms with Crippen LogP contribution in [0.4, 0.5) is 5.95 Å². The molecule has 0 amide bonds. The number of H-pyrrole nitrogens is 1. The van der Waals surface area contributed by atoms with E-state index >= 15 is 0 Å². The zero-order valence-corrected chi connectivity index (χ0v) is 9.03. The summed E-state index contributed by atoms with van der Waals surface area (Å²) in [6.45, 7) is 0. The van der Waals surface area contributed by atoms with Crippen LogP contribution in [-0.4, -0.2) is 33.1 Å². The maximum atomic E-state index is 5.80. The molecule has 2 heterocycles. The standard InChI is InChI=1S/C10H13N5O/c1-11-10-14-8-7(12-5-13-8)9(15-10)16-6-3-2-4-6/h5-6H,2-4H2,1H3,(H2,11,12,13,14,15). The van der Waals surface area contributed by atoms with Gasteiger partial charge in [-0.25, -0.2) is 4.98 Å². The Labute approximate surface area is 92.5 Å². The van der Waals surface area contributed by atoms with Gasteiger partial charge in [-0.2, -0.15) is 9.97 Å². The first-order valence-corrected chi connectivity index (χ1v) is 5.42. The number of aromatic nitrogens is 4. The van der Waals surface area contributed by atoms with E-state index in [9.17, 15) is 0 Å². The number of hydrogen-bond acceptors (Lipinski definition) is 5. The lowest BCUT2D eigenvalue weighted by Crippen LogP contribution is -2.25. The van der Waals surface area contributed by atoms with Crippen LogP contribution in [0.25, 0.3) is 11.2 Å². The molecule has 0 spiro atoms. The van der Waals surface area contributed by atoms with Gasteiger partial charge in [0.15, 0.2) is 5.65 Å². The number of aromatic amines is 1. The molecule has 2 aromatic heterocycles. The van der Waals surface area contributed by atoms with Gasteiger partial charge in [-0.1, -0.05) is 0 Å². The Hall–Kier alpha value is -1.85. The SMILES string of the molecule is CNc1nc(OC2CCC2)c2[nH]cnc2n1. The topological polar surface area (TPSA) is 75.7 Å². The third-order valence-corrected chi connectivity index (χ3v) is 2.81. The minimum atomic E-state index is 0.297. The van der Waals surface area contributed by atoms with Crippen molar-refractivity contribution in [1.29, 1.82) is 0 Å². The molecule has 3 rings (SSSR count). The van der Waals surface area contributed by atoms with Crippen molar-refractivity contribution >= 4 is 17.1 Å². The Morgan fingerprint density at radius 1 is 1.44 bits per heavy atom. The average Bonchev–Trinajstić information content (AvgIpc) is 2.70. The molecule has 6 heteroatoms. The highest BCUT2D eigenvalue weighted by Crippen LogP contribution is 2.28. The summed E-state index contributed by atoms with van der Waals surface area (Å²) in [6.07, 6.45) is 5.35. The van der Waals surface area contributed by atoms with Crippen LogP contribution in [0.1, 0.15) is 19.3 Å². The van der Waals surface area contributed by atoms with Crippen LogP contribution in [0.5, 0.6) is 5.88 Å². The fourth-order valence-corrected chi connectivity index (χ4v) is 1.65. The molecular formula is C10H13N5O. The number of rotatable bonds is 3. The van der Waals surface area contributed by atoms with E-state index in [1.165, 1.54) is 6.42 Å². The Balaban J connectivity index is 2.01. The van der Waals surface area contributed by atoms with Crippen LogP contribution in [-0.2, 0) is 0 Å². The molecule has 0 aliphatic heterocycles. The van der Waals surface area contributed by atoms with Gasteiger partial charge >= 0.3 is 0 Å². The highest BCUT2D eigenvalue weighted by atomic mass is 16.5. The molecule has 2 N–H and O–H groups in total. The summed E-state index contributed by atoms with van der Waals surface area (Å²) in [4.78, 5) is 15.6. The predicted octanol–water partition coefficient (Wildman–Crippen LogP) is 1.33. The summed E-state index contributed by atoms with van der Waals surface area (Å²) in [6, 6.07) is 0. The molecule has 0 unspecified atom stereocenters. The highest BCUT2D eigenvalue weighted by molar-refractivity contribution is 5.76. The monoisotopic (exact) mass is 219 g/mol. The van der Waals surface area contributed by atoms with Crippen molar-refractivity contribution in [3.05, 3.63) is 6.33 Å². The lowest BCUT2D eigenvalue weighted by atomic mass is 9.96. The van der Waals surface area contributed by atoms with Crippen LogP contribution >= 0.6 is 0 Å². The Morgan fingerprint density at radius 2 is 2.31 bits per heavy atom. The summed E-state index contributed by atoms with van der Waals surface area (Å²) < 4.78 is 5.80. The van der Waals surface area contributed by atoms with Crippen molar-refractivity contribution < 1.29 is 4.74 Å². The predicted molar refractivity (Wildman–Crippen MR) is 59.5 cm³/mol. The number of imidazole rings is 1. The molecule has 2 aromatic rings. The van der Waals surface area contributed by atoms with Crippen LogP contribution in [0.3, 0.4) is 0 Å². The third kappa shape index (κ3) is 1.46. The molecule has 1 aliphatic carbocycles. The van der Waals surface area contributed by atoms with Crippen LogP contribution in [0, 0.1) is 0 Å².